The van der Waals surface area contributed by atoms with Crippen molar-refractivity contribution in [1.29, 1.82) is 0 Å². The van der Waals surface area contributed by atoms with Crippen LogP contribution in [-0.4, -0.2) is 59.7 Å². The number of rotatable bonds is 1. The van der Waals surface area contributed by atoms with E-state index in [0.717, 1.165) is 6.42 Å². The van der Waals surface area contributed by atoms with Gasteiger partial charge in [-0.2, -0.15) is 0 Å². The number of piperazine rings is 1. The van der Waals surface area contributed by atoms with E-state index in [-0.39, 0.29) is 29.7 Å². The highest BCUT2D eigenvalue weighted by molar-refractivity contribution is 5.84. The number of piperidine rings is 1. The molecule has 3 heterocycles. The molecule has 6 heteroatoms. The normalized spacial score (nSPS) is 31.2. The van der Waals surface area contributed by atoms with Gasteiger partial charge in [-0.05, 0) is 12.8 Å². The molecule has 3 saturated heterocycles. The summed E-state index contributed by atoms with van der Waals surface area (Å²) in [5.41, 5.74) is 0. The summed E-state index contributed by atoms with van der Waals surface area (Å²) in [6.07, 6.45) is 2.57. The fraction of sp³-hybridized carbons (Fsp3) is 0.769. The maximum atomic E-state index is 12.4. The van der Waals surface area contributed by atoms with Crippen molar-refractivity contribution in [2.75, 3.05) is 26.2 Å². The van der Waals surface area contributed by atoms with Gasteiger partial charge in [-0.1, -0.05) is 0 Å². The summed E-state index contributed by atoms with van der Waals surface area (Å²) >= 11 is 0. The van der Waals surface area contributed by atoms with E-state index in [1.54, 1.807) is 0 Å². The second-order valence-corrected chi connectivity index (χ2v) is 5.60. The van der Waals surface area contributed by atoms with Crippen LogP contribution in [0.25, 0.3) is 0 Å². The summed E-state index contributed by atoms with van der Waals surface area (Å²) in [7, 11) is 0. The zero-order chi connectivity index (χ0) is 13.4. The molecular formula is C13H19N3O3. The van der Waals surface area contributed by atoms with Crippen LogP contribution in [0.3, 0.4) is 0 Å². The largest absolute Gasteiger partial charge is 0.355 e. The number of hydrogen-bond donors (Lipinski definition) is 1. The molecule has 3 rings (SSSR count). The van der Waals surface area contributed by atoms with Crippen LogP contribution in [-0.2, 0) is 14.4 Å². The van der Waals surface area contributed by atoms with Gasteiger partial charge >= 0.3 is 0 Å². The van der Waals surface area contributed by atoms with Crippen LogP contribution in [0.5, 0.6) is 0 Å². The van der Waals surface area contributed by atoms with Crippen molar-refractivity contribution >= 4 is 17.7 Å². The first kappa shape index (κ1) is 12.4. The van der Waals surface area contributed by atoms with Crippen LogP contribution in [0.4, 0.5) is 0 Å². The first-order valence-electron chi connectivity index (χ1n) is 7.00. The summed E-state index contributed by atoms with van der Waals surface area (Å²) in [6.45, 7) is 2.41. The Bertz CT molecular complexity index is 413. The topological polar surface area (TPSA) is 69.7 Å². The van der Waals surface area contributed by atoms with E-state index < -0.39 is 0 Å². The monoisotopic (exact) mass is 265 g/mol. The van der Waals surface area contributed by atoms with Crippen molar-refractivity contribution in [3.8, 4) is 0 Å². The van der Waals surface area contributed by atoms with E-state index >= 15 is 0 Å². The molecule has 0 radical (unpaired) electrons. The molecule has 0 aromatic rings. The van der Waals surface area contributed by atoms with E-state index in [4.69, 9.17) is 0 Å². The van der Waals surface area contributed by atoms with Crippen LogP contribution in [0.1, 0.15) is 25.7 Å². The molecule has 19 heavy (non-hydrogen) atoms. The quantitative estimate of drug-likeness (QED) is 0.684. The molecule has 0 saturated carbocycles. The third-order valence-corrected chi connectivity index (χ3v) is 4.42. The Morgan fingerprint density at radius 1 is 1.16 bits per heavy atom. The highest BCUT2D eigenvalue weighted by Gasteiger charge is 2.38. The fourth-order valence-corrected chi connectivity index (χ4v) is 3.27. The van der Waals surface area contributed by atoms with Gasteiger partial charge < -0.3 is 15.1 Å². The fourth-order valence-electron chi connectivity index (χ4n) is 3.27. The lowest BCUT2D eigenvalue weighted by atomic mass is 9.97. The number of hydrogen-bond acceptors (Lipinski definition) is 3. The molecule has 3 fully saturated rings. The Hall–Kier alpha value is -1.59. The zero-order valence-electron chi connectivity index (χ0n) is 10.9. The third-order valence-electron chi connectivity index (χ3n) is 4.42. The predicted octanol–water partition coefficient (Wildman–Crippen LogP) is -0.654. The molecule has 0 bridgehead atoms. The Balaban J connectivity index is 1.59. The molecule has 2 atom stereocenters. The molecule has 3 aliphatic heterocycles. The van der Waals surface area contributed by atoms with Crippen LogP contribution in [0, 0.1) is 5.92 Å². The molecule has 3 amide bonds. The van der Waals surface area contributed by atoms with Gasteiger partial charge in [0.25, 0.3) is 0 Å². The molecule has 104 valence electrons. The van der Waals surface area contributed by atoms with Crippen molar-refractivity contribution in [2.45, 2.75) is 31.7 Å². The maximum absolute atomic E-state index is 12.4. The minimum absolute atomic E-state index is 0.0373. The van der Waals surface area contributed by atoms with Gasteiger partial charge in [-0.15, -0.1) is 0 Å². The van der Waals surface area contributed by atoms with Gasteiger partial charge in [0.15, 0.2) is 0 Å². The van der Waals surface area contributed by atoms with Crippen molar-refractivity contribution in [1.82, 2.24) is 15.1 Å². The molecule has 6 nitrogen and oxygen atoms in total. The van der Waals surface area contributed by atoms with Crippen LogP contribution < -0.4 is 5.32 Å². The smallest absolute Gasteiger partial charge is 0.227 e. The summed E-state index contributed by atoms with van der Waals surface area (Å²) in [4.78, 5) is 38.9. The number of carbonyl (C=O) groups is 3. The van der Waals surface area contributed by atoms with Crippen LogP contribution in [0.2, 0.25) is 0 Å². The summed E-state index contributed by atoms with van der Waals surface area (Å²) in [5.74, 6) is 0.317. The van der Waals surface area contributed by atoms with Crippen molar-refractivity contribution in [3.05, 3.63) is 0 Å². The van der Waals surface area contributed by atoms with E-state index in [9.17, 15) is 14.4 Å². The van der Waals surface area contributed by atoms with Crippen molar-refractivity contribution in [2.24, 2.45) is 5.92 Å². The Morgan fingerprint density at radius 3 is 2.74 bits per heavy atom. The lowest BCUT2D eigenvalue weighted by molar-refractivity contribution is -0.143. The molecule has 3 aliphatic rings. The minimum Gasteiger partial charge on any atom is -0.355 e. The first-order chi connectivity index (χ1) is 9.15. The summed E-state index contributed by atoms with van der Waals surface area (Å²) in [6, 6.07) is 0.211. The second-order valence-electron chi connectivity index (χ2n) is 5.60. The van der Waals surface area contributed by atoms with Crippen LogP contribution in [0.15, 0.2) is 0 Å². The molecule has 2 unspecified atom stereocenters. The van der Waals surface area contributed by atoms with E-state index in [2.05, 4.69) is 5.32 Å². The molecule has 0 aromatic heterocycles. The average Bonchev–Trinajstić information content (AvgIpc) is 2.80. The SMILES string of the molecule is O=C1CCC(C(=O)N2CCN3C(=O)CCC3C2)CN1. The Kier molecular flexibility index (Phi) is 3.16. The van der Waals surface area contributed by atoms with Gasteiger partial charge in [0, 0.05) is 45.1 Å². The summed E-state index contributed by atoms with van der Waals surface area (Å²) < 4.78 is 0. The molecule has 0 spiro atoms. The number of nitrogens with one attached hydrogen (secondary N) is 1. The lowest BCUT2D eigenvalue weighted by Crippen LogP contribution is -2.55. The molecule has 1 N–H and O–H groups in total. The van der Waals surface area contributed by atoms with Crippen molar-refractivity contribution in [3.63, 3.8) is 0 Å². The molecule has 0 aliphatic carbocycles. The van der Waals surface area contributed by atoms with Gasteiger partial charge in [-0.25, -0.2) is 0 Å². The highest BCUT2D eigenvalue weighted by atomic mass is 16.2. The zero-order valence-corrected chi connectivity index (χ0v) is 10.9. The van der Waals surface area contributed by atoms with E-state index in [1.807, 2.05) is 9.80 Å². The Labute approximate surface area is 112 Å². The van der Waals surface area contributed by atoms with E-state index in [1.165, 1.54) is 0 Å². The highest BCUT2D eigenvalue weighted by Crippen LogP contribution is 2.24. The predicted molar refractivity (Wildman–Crippen MR) is 67.0 cm³/mol. The maximum Gasteiger partial charge on any atom is 0.227 e. The molecular weight excluding hydrogens is 246 g/mol. The van der Waals surface area contributed by atoms with E-state index in [0.29, 0.717) is 45.4 Å². The number of amides is 3. The standard InChI is InChI=1S/C13H19N3O3/c17-11-3-1-9(7-14-11)13(19)15-5-6-16-10(8-15)2-4-12(16)18/h9-10H,1-8H2,(H,14,17). The second kappa shape index (κ2) is 4.83. The average molecular weight is 265 g/mol. The van der Waals surface area contributed by atoms with Gasteiger partial charge in [0.2, 0.25) is 17.7 Å². The number of carbonyl (C=O) groups excluding carboxylic acids is 3. The number of fused-ring (bicyclic) bond motifs is 1. The first-order valence-corrected chi connectivity index (χ1v) is 7.00. The molecule has 0 aromatic carbocycles. The summed E-state index contributed by atoms with van der Waals surface area (Å²) in [5, 5.41) is 2.75. The van der Waals surface area contributed by atoms with Gasteiger partial charge in [-0.3, -0.25) is 14.4 Å². The van der Waals surface area contributed by atoms with Gasteiger partial charge in [0.05, 0.1) is 5.92 Å². The lowest BCUT2D eigenvalue weighted by Gasteiger charge is -2.39. The minimum atomic E-state index is -0.0821. The van der Waals surface area contributed by atoms with Crippen molar-refractivity contribution < 1.29 is 14.4 Å². The Morgan fingerprint density at radius 2 is 2.00 bits per heavy atom. The number of nitrogens with zero attached hydrogens (tertiary/aromatic N) is 2. The third kappa shape index (κ3) is 2.31. The van der Waals surface area contributed by atoms with Crippen LogP contribution >= 0.6 is 0 Å². The van der Waals surface area contributed by atoms with Gasteiger partial charge in [0.1, 0.15) is 0 Å².